The van der Waals surface area contributed by atoms with Crippen LogP contribution in [0.15, 0.2) is 59.0 Å². The Morgan fingerprint density at radius 1 is 1.19 bits per heavy atom. The lowest BCUT2D eigenvalue weighted by Gasteiger charge is -2.37. The first-order chi connectivity index (χ1) is 13.0. The molecule has 5 nitrogen and oxygen atoms in total. The van der Waals surface area contributed by atoms with Crippen LogP contribution >= 0.6 is 11.3 Å². The summed E-state index contributed by atoms with van der Waals surface area (Å²) in [4.78, 5) is 13.3. The van der Waals surface area contributed by atoms with Gasteiger partial charge in [0.15, 0.2) is 0 Å². The minimum atomic E-state index is -0.372. The van der Waals surface area contributed by atoms with Crippen molar-refractivity contribution < 1.29 is 4.39 Å². The molecule has 0 radical (unpaired) electrons. The molecule has 1 aliphatic heterocycles. The number of halogens is 1. The number of hydrogen-bond donors (Lipinski definition) is 1. The highest BCUT2D eigenvalue weighted by atomic mass is 32.1. The Balaban J connectivity index is 1.77. The predicted octanol–water partition coefficient (Wildman–Crippen LogP) is 3.97. The first-order valence-corrected chi connectivity index (χ1v) is 9.48. The van der Waals surface area contributed by atoms with Crippen molar-refractivity contribution in [2.24, 2.45) is 10.7 Å². The second kappa shape index (κ2) is 7.09. The van der Waals surface area contributed by atoms with Crippen LogP contribution in [0.4, 0.5) is 9.39 Å². The summed E-state index contributed by atoms with van der Waals surface area (Å²) < 4.78 is 13.3. The second-order valence-electron chi connectivity index (χ2n) is 6.58. The van der Waals surface area contributed by atoms with Crippen LogP contribution in [0, 0.1) is 5.82 Å². The molecule has 0 saturated heterocycles. The quantitative estimate of drug-likeness (QED) is 0.746. The van der Waals surface area contributed by atoms with Gasteiger partial charge in [-0.1, -0.05) is 18.2 Å². The number of guanidine groups is 1. The molecule has 1 atom stereocenters. The minimum Gasteiger partial charge on any atom is -0.349 e. The number of aromatic nitrogens is 1. The molecular formula is C20H20FN5S. The Labute approximate surface area is 161 Å². The van der Waals surface area contributed by atoms with Crippen molar-refractivity contribution in [2.45, 2.75) is 12.7 Å². The van der Waals surface area contributed by atoms with Gasteiger partial charge >= 0.3 is 0 Å². The van der Waals surface area contributed by atoms with Crippen molar-refractivity contribution in [3.63, 3.8) is 0 Å². The van der Waals surface area contributed by atoms with E-state index in [1.54, 1.807) is 29.7 Å². The Bertz CT molecular complexity index is 966. The average Bonchev–Trinajstić information content (AvgIpc) is 3.09. The summed E-state index contributed by atoms with van der Waals surface area (Å²) >= 11 is 1.55. The predicted molar refractivity (Wildman–Crippen MR) is 107 cm³/mol. The van der Waals surface area contributed by atoms with Crippen LogP contribution in [-0.4, -0.2) is 34.8 Å². The monoisotopic (exact) mass is 381 g/mol. The SMILES string of the molecule is CN(C)C1=Nc2scc(-c3ccc(F)cc3)c2C(N)N1Cc1ccccn1. The van der Waals surface area contributed by atoms with E-state index >= 15 is 0 Å². The van der Waals surface area contributed by atoms with Gasteiger partial charge in [0.25, 0.3) is 0 Å². The van der Waals surface area contributed by atoms with Gasteiger partial charge in [-0.3, -0.25) is 4.98 Å². The van der Waals surface area contributed by atoms with Crippen LogP contribution in [0.5, 0.6) is 0 Å². The summed E-state index contributed by atoms with van der Waals surface area (Å²) in [6, 6.07) is 12.3. The number of nitrogens with two attached hydrogens (primary N) is 1. The highest BCUT2D eigenvalue weighted by molar-refractivity contribution is 7.14. The summed E-state index contributed by atoms with van der Waals surface area (Å²) in [5, 5.41) is 2.93. The number of aliphatic imine (C=N–C) groups is 1. The van der Waals surface area contributed by atoms with Crippen molar-refractivity contribution in [1.82, 2.24) is 14.8 Å². The van der Waals surface area contributed by atoms with Gasteiger partial charge in [-0.05, 0) is 29.8 Å². The van der Waals surface area contributed by atoms with Crippen molar-refractivity contribution in [3.05, 3.63) is 71.1 Å². The van der Waals surface area contributed by atoms with E-state index in [-0.39, 0.29) is 12.0 Å². The highest BCUT2D eigenvalue weighted by Gasteiger charge is 2.32. The normalized spacial score (nSPS) is 16.1. The van der Waals surface area contributed by atoms with Gasteiger partial charge in [-0.2, -0.15) is 0 Å². The first-order valence-electron chi connectivity index (χ1n) is 8.60. The smallest absolute Gasteiger partial charge is 0.204 e. The second-order valence-corrected chi connectivity index (χ2v) is 7.43. The third-order valence-electron chi connectivity index (χ3n) is 4.51. The fourth-order valence-electron chi connectivity index (χ4n) is 3.21. The van der Waals surface area contributed by atoms with E-state index in [4.69, 9.17) is 10.7 Å². The molecule has 1 unspecified atom stereocenters. The largest absolute Gasteiger partial charge is 0.349 e. The maximum atomic E-state index is 13.3. The maximum absolute atomic E-state index is 13.3. The summed E-state index contributed by atoms with van der Waals surface area (Å²) in [6.45, 7) is 0.553. The molecule has 1 aromatic carbocycles. The summed E-state index contributed by atoms with van der Waals surface area (Å²) in [6.07, 6.45) is 1.40. The number of hydrogen-bond acceptors (Lipinski definition) is 6. The van der Waals surface area contributed by atoms with E-state index < -0.39 is 0 Å². The van der Waals surface area contributed by atoms with E-state index in [9.17, 15) is 4.39 Å². The lowest BCUT2D eigenvalue weighted by Crippen LogP contribution is -2.47. The zero-order valence-electron chi connectivity index (χ0n) is 15.1. The van der Waals surface area contributed by atoms with E-state index in [2.05, 4.69) is 4.98 Å². The third-order valence-corrected chi connectivity index (χ3v) is 5.40. The van der Waals surface area contributed by atoms with E-state index in [0.29, 0.717) is 6.54 Å². The molecule has 0 aliphatic carbocycles. The lowest BCUT2D eigenvalue weighted by atomic mass is 10.0. The van der Waals surface area contributed by atoms with Crippen molar-refractivity contribution in [3.8, 4) is 11.1 Å². The molecule has 2 aromatic heterocycles. The molecule has 0 spiro atoms. The van der Waals surface area contributed by atoms with Gasteiger partial charge in [0, 0.05) is 36.8 Å². The number of pyridine rings is 1. The summed E-state index contributed by atoms with van der Waals surface area (Å²) in [5.74, 6) is 0.546. The van der Waals surface area contributed by atoms with Gasteiger partial charge < -0.3 is 15.5 Å². The number of nitrogens with zero attached hydrogens (tertiary/aromatic N) is 4. The number of fused-ring (bicyclic) bond motifs is 1. The molecule has 3 heterocycles. The van der Waals surface area contributed by atoms with E-state index in [1.807, 2.05) is 47.5 Å². The Kier molecular flexibility index (Phi) is 4.63. The van der Waals surface area contributed by atoms with Crippen LogP contribution < -0.4 is 5.73 Å². The molecule has 27 heavy (non-hydrogen) atoms. The Hall–Kier alpha value is -2.77. The number of thiophene rings is 1. The topological polar surface area (TPSA) is 57.8 Å². The standard InChI is InChI=1S/C20H20FN5S/c1-25(2)20-24-19-17(16(12-27-19)13-6-8-14(21)9-7-13)18(22)26(20)11-15-5-3-4-10-23-15/h3-10,12,18H,11,22H2,1-2H3. The number of rotatable bonds is 3. The number of benzene rings is 1. The van der Waals surface area contributed by atoms with Gasteiger partial charge in [-0.15, -0.1) is 11.3 Å². The Morgan fingerprint density at radius 3 is 2.63 bits per heavy atom. The Morgan fingerprint density at radius 2 is 1.96 bits per heavy atom. The molecule has 0 saturated carbocycles. The lowest BCUT2D eigenvalue weighted by molar-refractivity contribution is 0.274. The molecular weight excluding hydrogens is 361 g/mol. The van der Waals surface area contributed by atoms with Gasteiger partial charge in [0.1, 0.15) is 17.0 Å². The molecule has 0 bridgehead atoms. The molecule has 3 aromatic rings. The molecule has 1 aliphatic rings. The molecule has 7 heteroatoms. The van der Waals surface area contributed by atoms with Crippen molar-refractivity contribution >= 4 is 22.3 Å². The highest BCUT2D eigenvalue weighted by Crippen LogP contribution is 2.44. The van der Waals surface area contributed by atoms with Gasteiger partial charge in [0.05, 0.1) is 12.2 Å². The minimum absolute atomic E-state index is 0.253. The van der Waals surface area contributed by atoms with Crippen LogP contribution in [-0.2, 0) is 6.54 Å². The summed E-state index contributed by atoms with van der Waals surface area (Å²) in [5.41, 5.74) is 10.5. The van der Waals surface area contributed by atoms with Crippen molar-refractivity contribution in [1.29, 1.82) is 0 Å². The third kappa shape index (κ3) is 3.31. The van der Waals surface area contributed by atoms with Gasteiger partial charge in [-0.25, -0.2) is 9.38 Å². The zero-order chi connectivity index (χ0) is 19.0. The van der Waals surface area contributed by atoms with Crippen LogP contribution in [0.3, 0.4) is 0 Å². The van der Waals surface area contributed by atoms with Crippen molar-refractivity contribution in [2.75, 3.05) is 14.1 Å². The van der Waals surface area contributed by atoms with Gasteiger partial charge in [0.2, 0.25) is 5.96 Å². The fraction of sp³-hybridized carbons (Fsp3) is 0.200. The maximum Gasteiger partial charge on any atom is 0.204 e. The summed E-state index contributed by atoms with van der Waals surface area (Å²) in [7, 11) is 3.91. The fourth-order valence-corrected chi connectivity index (χ4v) is 4.19. The molecule has 0 amide bonds. The molecule has 138 valence electrons. The van der Waals surface area contributed by atoms with Crippen LogP contribution in [0.1, 0.15) is 17.4 Å². The first kappa shape index (κ1) is 17.6. The van der Waals surface area contributed by atoms with Crippen LogP contribution in [0.2, 0.25) is 0 Å². The molecule has 2 N–H and O–H groups in total. The van der Waals surface area contributed by atoms with Crippen LogP contribution in [0.25, 0.3) is 11.1 Å². The molecule has 4 rings (SSSR count). The zero-order valence-corrected chi connectivity index (χ0v) is 15.9. The van der Waals surface area contributed by atoms with E-state index in [1.165, 1.54) is 12.1 Å². The molecule has 0 fully saturated rings. The van der Waals surface area contributed by atoms with E-state index in [0.717, 1.165) is 33.3 Å². The average molecular weight is 381 g/mol.